The molecule has 8 heteroatoms. The molecule has 2 N–H and O–H groups in total. The highest BCUT2D eigenvalue weighted by Gasteiger charge is 2.27. The van der Waals surface area contributed by atoms with Crippen molar-refractivity contribution in [1.29, 1.82) is 0 Å². The largest absolute Gasteiger partial charge is 0.517 e. The molecule has 0 saturated carbocycles. The summed E-state index contributed by atoms with van der Waals surface area (Å²) in [6.07, 6.45) is -0.767. The average Bonchev–Trinajstić information content (AvgIpc) is 2.02. The van der Waals surface area contributed by atoms with E-state index in [0.717, 1.165) is 0 Å². The molecule has 0 aliphatic rings. The Kier molecular flexibility index (Phi) is 4.46. The molecule has 14 heavy (non-hydrogen) atoms. The maximum atomic E-state index is 11.1. The predicted octanol–water partition coefficient (Wildman–Crippen LogP) is -0.963. The van der Waals surface area contributed by atoms with Crippen LogP contribution in [-0.2, 0) is 14.9 Å². The highest BCUT2D eigenvalue weighted by atomic mass is 32.2. The maximum Gasteiger partial charge on any atom is 0.517 e. The lowest BCUT2D eigenvalue weighted by Crippen LogP contribution is -2.46. The van der Waals surface area contributed by atoms with Crippen LogP contribution in [0.5, 0.6) is 0 Å². The molecule has 1 amide bonds. The minimum Gasteiger partial charge on any atom is -0.419 e. The number of carbonyl (C=O) groups is 1. The average molecular weight is 228 g/mol. The van der Waals surface area contributed by atoms with Crippen molar-refractivity contribution in [2.45, 2.75) is 0 Å². The number of hydrogen-bond donors (Lipinski definition) is 2. The molecule has 0 unspecified atom stereocenters. The van der Waals surface area contributed by atoms with E-state index in [4.69, 9.17) is 9.66 Å². The van der Waals surface area contributed by atoms with E-state index >= 15 is 0 Å². The van der Waals surface area contributed by atoms with Gasteiger partial charge in [0.1, 0.15) is 12.4 Å². The summed E-state index contributed by atoms with van der Waals surface area (Å²) in [5.41, 5.74) is 0. The van der Waals surface area contributed by atoms with Crippen LogP contribution < -0.4 is 0 Å². The number of nitrogens with zero attached hydrogens (tertiary/aromatic N) is 1. The van der Waals surface area contributed by atoms with Gasteiger partial charge in [0.2, 0.25) is 0 Å². The zero-order valence-corrected chi connectivity index (χ0v) is 8.82. The van der Waals surface area contributed by atoms with Crippen LogP contribution in [0.25, 0.3) is 0 Å². The van der Waals surface area contributed by atoms with Crippen LogP contribution in [0, 0.1) is 0 Å². The van der Waals surface area contributed by atoms with Crippen molar-refractivity contribution in [3.05, 3.63) is 0 Å². The highest BCUT2D eigenvalue weighted by Crippen LogP contribution is 1.99. The molecular weight excluding hydrogens is 214 g/mol. The van der Waals surface area contributed by atoms with E-state index in [1.54, 1.807) is 0 Å². The Labute approximate surface area is 82.2 Å². The van der Waals surface area contributed by atoms with Crippen LogP contribution in [0.4, 0.5) is 4.79 Å². The van der Waals surface area contributed by atoms with E-state index in [9.17, 15) is 13.2 Å². The van der Waals surface area contributed by atoms with Gasteiger partial charge in [-0.1, -0.05) is 0 Å². The molecule has 0 aromatic heterocycles. The fraction of sp³-hybridized carbons (Fsp3) is 0.833. The zero-order valence-electron chi connectivity index (χ0n) is 8.00. The second-order valence-corrected chi connectivity index (χ2v) is 4.80. The minimum atomic E-state index is -4.12. The number of aliphatic hydroxyl groups excluding tert-OH is 1. The first-order valence-electron chi connectivity index (χ1n) is 3.75. The molecule has 0 atom stereocenters. The molecule has 84 valence electrons. The summed E-state index contributed by atoms with van der Waals surface area (Å²) in [5, 5.41) is 8.73. The molecule has 0 rings (SSSR count). The summed E-state index contributed by atoms with van der Waals surface area (Å²) < 4.78 is 32.9. The smallest absolute Gasteiger partial charge is 0.419 e. The van der Waals surface area contributed by atoms with Crippen LogP contribution in [0.1, 0.15) is 0 Å². The van der Waals surface area contributed by atoms with Crippen molar-refractivity contribution < 1.29 is 32.1 Å². The van der Waals surface area contributed by atoms with Crippen LogP contribution in [0.15, 0.2) is 0 Å². The number of hydrogen-bond acceptors (Lipinski definition) is 5. The molecule has 7 nitrogen and oxygen atoms in total. The normalized spacial score (nSPS) is 12.6. The van der Waals surface area contributed by atoms with Gasteiger partial charge in [0.15, 0.2) is 6.73 Å². The lowest BCUT2D eigenvalue weighted by molar-refractivity contribution is -0.838. The van der Waals surface area contributed by atoms with Crippen LogP contribution in [0.2, 0.25) is 0 Å². The van der Waals surface area contributed by atoms with Crippen LogP contribution >= 0.6 is 0 Å². The van der Waals surface area contributed by atoms with Crippen LogP contribution in [0.3, 0.4) is 0 Å². The van der Waals surface area contributed by atoms with E-state index < -0.39 is 39.8 Å². The number of aliphatic hydroxyl groups is 1. The Bertz CT molecular complexity index is 295. The Hall–Kier alpha value is -0.700. The first-order valence-corrected chi connectivity index (χ1v) is 5.36. The fourth-order valence-electron chi connectivity index (χ4n) is 0.467. The molecule has 0 bridgehead atoms. The third-order valence-electron chi connectivity index (χ3n) is 1.41. The van der Waals surface area contributed by atoms with E-state index in [1.165, 1.54) is 14.1 Å². The predicted molar refractivity (Wildman–Crippen MR) is 47.0 cm³/mol. The van der Waals surface area contributed by atoms with Crippen molar-refractivity contribution in [1.82, 2.24) is 0 Å². The zero-order chi connectivity index (χ0) is 11.4. The van der Waals surface area contributed by atoms with Gasteiger partial charge in [0, 0.05) is 0 Å². The Morgan fingerprint density at radius 1 is 1.43 bits per heavy atom. The van der Waals surface area contributed by atoms with Gasteiger partial charge in [-0.15, -0.1) is 0 Å². The second kappa shape index (κ2) is 4.69. The van der Waals surface area contributed by atoms with E-state index in [2.05, 4.69) is 4.74 Å². The monoisotopic (exact) mass is 228 g/mol. The van der Waals surface area contributed by atoms with Gasteiger partial charge in [-0.2, -0.15) is 13.2 Å². The van der Waals surface area contributed by atoms with E-state index in [1.807, 2.05) is 0 Å². The second-order valence-electron chi connectivity index (χ2n) is 3.23. The van der Waals surface area contributed by atoms with E-state index in [-0.39, 0.29) is 0 Å². The van der Waals surface area contributed by atoms with E-state index in [0.29, 0.717) is 0 Å². The third-order valence-corrected chi connectivity index (χ3v) is 2.10. The molecule has 0 aliphatic carbocycles. The molecule has 0 saturated heterocycles. The molecule has 0 aromatic carbocycles. The Morgan fingerprint density at radius 3 is 2.29 bits per heavy atom. The fourth-order valence-corrected chi connectivity index (χ4v) is 0.761. The summed E-state index contributed by atoms with van der Waals surface area (Å²) in [6.45, 7) is -0.885. The first-order chi connectivity index (χ1) is 6.19. The van der Waals surface area contributed by atoms with Gasteiger partial charge in [0.25, 0.3) is 10.1 Å². The lowest BCUT2D eigenvalue weighted by Gasteiger charge is -2.21. The van der Waals surface area contributed by atoms with Crippen molar-refractivity contribution in [3.63, 3.8) is 0 Å². The molecule has 0 spiro atoms. The van der Waals surface area contributed by atoms with Crippen molar-refractivity contribution in [2.24, 2.45) is 0 Å². The van der Waals surface area contributed by atoms with Gasteiger partial charge in [0.05, 0.1) is 14.1 Å². The third kappa shape index (κ3) is 5.12. The molecule has 0 aliphatic heterocycles. The quantitative estimate of drug-likeness (QED) is 0.365. The molecule has 0 heterocycles. The van der Waals surface area contributed by atoms with Gasteiger partial charge in [-0.05, 0) is 0 Å². The topological polar surface area (TPSA) is 101 Å². The van der Waals surface area contributed by atoms with Crippen molar-refractivity contribution in [3.8, 4) is 0 Å². The molecule has 0 radical (unpaired) electrons. The number of amides is 1. The number of quaternary nitrogens is 1. The SMILES string of the molecule is C[N+](C)(CO)C(=O)OCCS(=O)(=O)O. The number of ether oxygens (including phenoxy) is 1. The highest BCUT2D eigenvalue weighted by molar-refractivity contribution is 7.85. The summed E-state index contributed by atoms with van der Waals surface area (Å²) >= 11 is 0. The molecular formula is C6H14NO6S+. The summed E-state index contributed by atoms with van der Waals surface area (Å²) in [4.78, 5) is 11.1. The Balaban J connectivity index is 3.99. The minimum absolute atomic E-state index is 0.425. The van der Waals surface area contributed by atoms with Crippen molar-refractivity contribution in [2.75, 3.05) is 33.2 Å². The van der Waals surface area contributed by atoms with Gasteiger partial charge in [-0.3, -0.25) is 4.55 Å². The summed E-state index contributed by atoms with van der Waals surface area (Å²) in [5.74, 6) is -0.649. The first kappa shape index (κ1) is 13.3. The van der Waals surface area contributed by atoms with Gasteiger partial charge in [-0.25, -0.2) is 4.48 Å². The van der Waals surface area contributed by atoms with Gasteiger partial charge >= 0.3 is 6.09 Å². The lowest BCUT2D eigenvalue weighted by atomic mass is 10.7. The van der Waals surface area contributed by atoms with Crippen molar-refractivity contribution >= 4 is 16.2 Å². The summed E-state index contributed by atoms with van der Waals surface area (Å²) in [7, 11) is -1.32. The summed E-state index contributed by atoms with van der Waals surface area (Å²) in [6, 6.07) is 0. The standard InChI is InChI=1S/C6H13NO6S/c1-7(2,5-8)6(9)13-3-4-14(10,11)12/h8H,3-5H2,1-2H3/p+1. The number of rotatable bonds is 4. The number of carbonyl (C=O) groups excluding carboxylic acids is 1. The Morgan fingerprint density at radius 2 is 1.93 bits per heavy atom. The molecule has 0 aromatic rings. The van der Waals surface area contributed by atoms with Crippen LogP contribution in [-0.4, -0.2) is 61.8 Å². The maximum absolute atomic E-state index is 11.1. The molecule has 0 fully saturated rings. The van der Waals surface area contributed by atoms with Gasteiger partial charge < -0.3 is 9.84 Å².